The van der Waals surface area contributed by atoms with Crippen LogP contribution in [0, 0.1) is 0 Å². The molecule has 0 saturated heterocycles. The van der Waals surface area contributed by atoms with Crippen LogP contribution in [0.4, 0.5) is 0 Å². The van der Waals surface area contributed by atoms with Crippen LogP contribution >= 0.6 is 0 Å². The Balaban J connectivity index is 2.39. The van der Waals surface area contributed by atoms with Crippen LogP contribution in [0.15, 0.2) is 0 Å². The minimum absolute atomic E-state index is 0.135. The molecule has 1 aliphatic carbocycles. The summed E-state index contributed by atoms with van der Waals surface area (Å²) in [7, 11) is 0. The van der Waals surface area contributed by atoms with Crippen LogP contribution in [0.25, 0.3) is 0 Å². The third kappa shape index (κ3) is 3.82. The lowest BCUT2D eigenvalue weighted by Crippen LogP contribution is -2.55. The first kappa shape index (κ1) is 12.5. The van der Waals surface area contributed by atoms with Gasteiger partial charge in [-0.25, -0.2) is 0 Å². The van der Waals surface area contributed by atoms with E-state index in [9.17, 15) is 4.79 Å². The molecule has 1 rings (SSSR count). The molecule has 15 heavy (non-hydrogen) atoms. The minimum atomic E-state index is -0.438. The Bertz CT molecular complexity index is 208. The number of hydrogen-bond acceptors (Lipinski definition) is 2. The van der Waals surface area contributed by atoms with Crippen LogP contribution in [0.3, 0.4) is 0 Å². The molecule has 0 unspecified atom stereocenters. The van der Waals surface area contributed by atoms with E-state index in [1.807, 2.05) is 20.8 Å². The van der Waals surface area contributed by atoms with Crippen LogP contribution in [0.1, 0.15) is 52.9 Å². The molecule has 3 nitrogen and oxygen atoms in total. The summed E-state index contributed by atoms with van der Waals surface area (Å²) < 4.78 is 0. The van der Waals surface area contributed by atoms with Crippen molar-refractivity contribution in [3.05, 3.63) is 0 Å². The van der Waals surface area contributed by atoms with Gasteiger partial charge >= 0.3 is 0 Å². The summed E-state index contributed by atoms with van der Waals surface area (Å²) in [5.74, 6) is 0.135. The van der Waals surface area contributed by atoms with Gasteiger partial charge in [0.1, 0.15) is 0 Å². The van der Waals surface area contributed by atoms with E-state index in [4.69, 9.17) is 0 Å². The van der Waals surface area contributed by atoms with E-state index in [0.29, 0.717) is 6.04 Å². The average molecular weight is 212 g/mol. The molecular formula is C12H24N2O. The predicted octanol–water partition coefficient (Wildman–Crippen LogP) is 1.82. The zero-order valence-electron chi connectivity index (χ0n) is 10.2. The summed E-state index contributed by atoms with van der Waals surface area (Å²) in [6.07, 6.45) is 6.13. The highest BCUT2D eigenvalue weighted by Gasteiger charge is 2.28. The van der Waals surface area contributed by atoms with Gasteiger partial charge in [-0.1, -0.05) is 26.2 Å². The van der Waals surface area contributed by atoms with Crippen molar-refractivity contribution in [2.45, 2.75) is 64.5 Å². The molecule has 0 aromatic carbocycles. The fourth-order valence-electron chi connectivity index (χ4n) is 2.13. The standard InChI is InChI=1S/C12H24N2O/c1-4-13-12(2,3)11(15)14-10-8-6-5-7-9-10/h10,13H,4-9H2,1-3H3,(H,14,15). The van der Waals surface area contributed by atoms with Gasteiger partial charge in [0.15, 0.2) is 0 Å². The van der Waals surface area contributed by atoms with Crippen LogP contribution in [0.5, 0.6) is 0 Å². The molecule has 1 amide bonds. The van der Waals surface area contributed by atoms with Crippen LogP contribution < -0.4 is 10.6 Å². The van der Waals surface area contributed by atoms with Gasteiger partial charge in [0.2, 0.25) is 5.91 Å². The Kier molecular flexibility index (Phi) is 4.58. The van der Waals surface area contributed by atoms with Crippen molar-refractivity contribution in [1.29, 1.82) is 0 Å². The normalized spacial score (nSPS) is 18.9. The molecule has 2 N–H and O–H groups in total. The van der Waals surface area contributed by atoms with E-state index >= 15 is 0 Å². The molecule has 0 aromatic rings. The Morgan fingerprint density at radius 2 is 1.87 bits per heavy atom. The second-order valence-electron chi connectivity index (χ2n) is 4.96. The van der Waals surface area contributed by atoms with E-state index in [2.05, 4.69) is 10.6 Å². The summed E-state index contributed by atoms with van der Waals surface area (Å²) in [4.78, 5) is 11.9. The summed E-state index contributed by atoms with van der Waals surface area (Å²) >= 11 is 0. The van der Waals surface area contributed by atoms with Gasteiger partial charge in [-0.05, 0) is 33.2 Å². The smallest absolute Gasteiger partial charge is 0.239 e. The zero-order valence-corrected chi connectivity index (χ0v) is 10.2. The maximum atomic E-state index is 11.9. The van der Waals surface area contributed by atoms with E-state index in [0.717, 1.165) is 19.4 Å². The van der Waals surface area contributed by atoms with Crippen molar-refractivity contribution in [3.63, 3.8) is 0 Å². The number of hydrogen-bond donors (Lipinski definition) is 2. The van der Waals surface area contributed by atoms with Crippen molar-refractivity contribution in [2.24, 2.45) is 0 Å². The van der Waals surface area contributed by atoms with E-state index in [1.165, 1.54) is 19.3 Å². The molecule has 0 aliphatic heterocycles. The Morgan fingerprint density at radius 1 is 1.27 bits per heavy atom. The second kappa shape index (κ2) is 5.50. The quantitative estimate of drug-likeness (QED) is 0.746. The third-order valence-corrected chi connectivity index (χ3v) is 3.13. The second-order valence-corrected chi connectivity index (χ2v) is 4.96. The summed E-state index contributed by atoms with van der Waals surface area (Å²) in [5.41, 5.74) is -0.438. The molecule has 3 heteroatoms. The summed E-state index contributed by atoms with van der Waals surface area (Å²) in [6.45, 7) is 6.73. The number of amides is 1. The first-order valence-corrected chi connectivity index (χ1v) is 6.12. The SMILES string of the molecule is CCNC(C)(C)C(=O)NC1CCCCC1. The third-order valence-electron chi connectivity index (χ3n) is 3.13. The Hall–Kier alpha value is -0.570. The Morgan fingerprint density at radius 3 is 2.40 bits per heavy atom. The molecule has 1 aliphatic rings. The number of carbonyl (C=O) groups is 1. The van der Waals surface area contributed by atoms with Crippen molar-refractivity contribution < 1.29 is 4.79 Å². The fraction of sp³-hybridized carbons (Fsp3) is 0.917. The maximum Gasteiger partial charge on any atom is 0.239 e. The zero-order chi connectivity index (χ0) is 11.3. The molecule has 0 spiro atoms. The molecule has 88 valence electrons. The Labute approximate surface area is 93.0 Å². The molecule has 0 bridgehead atoms. The molecule has 0 atom stereocenters. The highest BCUT2D eigenvalue weighted by Crippen LogP contribution is 2.18. The highest BCUT2D eigenvalue weighted by molar-refractivity contribution is 5.85. The largest absolute Gasteiger partial charge is 0.352 e. The average Bonchev–Trinajstić information content (AvgIpc) is 2.19. The maximum absolute atomic E-state index is 11.9. The monoisotopic (exact) mass is 212 g/mol. The number of nitrogens with one attached hydrogen (secondary N) is 2. The van der Waals surface area contributed by atoms with Crippen molar-refractivity contribution in [1.82, 2.24) is 10.6 Å². The van der Waals surface area contributed by atoms with E-state index in [-0.39, 0.29) is 5.91 Å². The predicted molar refractivity (Wildman–Crippen MR) is 62.8 cm³/mol. The van der Waals surface area contributed by atoms with Crippen LogP contribution in [-0.2, 0) is 4.79 Å². The number of rotatable bonds is 4. The summed E-state index contributed by atoms with van der Waals surface area (Å²) in [6, 6.07) is 0.407. The van der Waals surface area contributed by atoms with Gasteiger partial charge in [0.05, 0.1) is 5.54 Å². The lowest BCUT2D eigenvalue weighted by atomic mass is 9.94. The lowest BCUT2D eigenvalue weighted by molar-refractivity contribution is -0.127. The van der Waals surface area contributed by atoms with Gasteiger partial charge in [-0.2, -0.15) is 0 Å². The van der Waals surface area contributed by atoms with Crippen molar-refractivity contribution in [3.8, 4) is 0 Å². The van der Waals surface area contributed by atoms with Gasteiger partial charge in [-0.3, -0.25) is 4.79 Å². The molecule has 0 heterocycles. The first-order chi connectivity index (χ1) is 7.06. The number of carbonyl (C=O) groups excluding carboxylic acids is 1. The summed E-state index contributed by atoms with van der Waals surface area (Å²) in [5, 5.41) is 6.34. The van der Waals surface area contributed by atoms with E-state index in [1.54, 1.807) is 0 Å². The van der Waals surface area contributed by atoms with Gasteiger partial charge < -0.3 is 10.6 Å². The highest BCUT2D eigenvalue weighted by atomic mass is 16.2. The van der Waals surface area contributed by atoms with E-state index < -0.39 is 5.54 Å². The van der Waals surface area contributed by atoms with Crippen molar-refractivity contribution in [2.75, 3.05) is 6.54 Å². The molecule has 0 aromatic heterocycles. The van der Waals surface area contributed by atoms with Gasteiger partial charge in [-0.15, -0.1) is 0 Å². The number of likely N-dealkylation sites (N-methyl/N-ethyl adjacent to an activating group) is 1. The molecule has 0 radical (unpaired) electrons. The topological polar surface area (TPSA) is 41.1 Å². The van der Waals surface area contributed by atoms with Gasteiger partial charge in [0.25, 0.3) is 0 Å². The minimum Gasteiger partial charge on any atom is -0.352 e. The molecule has 1 fully saturated rings. The lowest BCUT2D eigenvalue weighted by Gasteiger charge is -2.29. The fourth-order valence-corrected chi connectivity index (χ4v) is 2.13. The van der Waals surface area contributed by atoms with Crippen LogP contribution in [-0.4, -0.2) is 24.0 Å². The molecule has 1 saturated carbocycles. The van der Waals surface area contributed by atoms with Crippen molar-refractivity contribution >= 4 is 5.91 Å². The van der Waals surface area contributed by atoms with Gasteiger partial charge in [0, 0.05) is 6.04 Å². The van der Waals surface area contributed by atoms with Crippen LogP contribution in [0.2, 0.25) is 0 Å². The molecular weight excluding hydrogens is 188 g/mol. The first-order valence-electron chi connectivity index (χ1n) is 6.12.